The minimum absolute atomic E-state index is 0.133. The molecule has 6 unspecified atom stereocenters. The monoisotopic (exact) mass is 451 g/mol. The summed E-state index contributed by atoms with van der Waals surface area (Å²) in [4.78, 5) is 35.2. The number of aliphatic carboxylic acids is 1. The van der Waals surface area contributed by atoms with E-state index in [2.05, 4.69) is 5.32 Å². The van der Waals surface area contributed by atoms with Crippen LogP contribution in [0.5, 0.6) is 5.75 Å². The van der Waals surface area contributed by atoms with Crippen LogP contribution in [-0.4, -0.2) is 71.9 Å². The van der Waals surface area contributed by atoms with Crippen molar-refractivity contribution in [2.24, 2.45) is 0 Å². The normalized spacial score (nSPS) is 30.0. The number of amides is 1. The van der Waals surface area contributed by atoms with Gasteiger partial charge in [0.25, 0.3) is 0 Å². The molecule has 2 N–H and O–H groups in total. The molecule has 32 heavy (non-hydrogen) atoms. The highest BCUT2D eigenvalue weighted by Gasteiger charge is 2.54. The molecule has 10 nitrogen and oxygen atoms in total. The van der Waals surface area contributed by atoms with E-state index < -0.39 is 48.5 Å². The molecule has 2 saturated heterocycles. The summed E-state index contributed by atoms with van der Waals surface area (Å²) < 4.78 is 29.6. The third-order valence-electron chi connectivity index (χ3n) is 5.23. The van der Waals surface area contributed by atoms with E-state index in [4.69, 9.17) is 23.7 Å². The van der Waals surface area contributed by atoms with Gasteiger partial charge in [-0.3, -0.25) is 9.59 Å². The summed E-state index contributed by atoms with van der Waals surface area (Å²) >= 11 is 0. The van der Waals surface area contributed by atoms with E-state index in [1.807, 2.05) is 0 Å². The molecule has 0 aromatic heterocycles. The van der Waals surface area contributed by atoms with Gasteiger partial charge in [-0.2, -0.15) is 0 Å². The Kier molecular flexibility index (Phi) is 7.19. The highest BCUT2D eigenvalue weighted by Crippen LogP contribution is 2.35. The molecule has 0 radical (unpaired) electrons. The number of rotatable bonds is 7. The van der Waals surface area contributed by atoms with Crippen LogP contribution < -0.4 is 10.1 Å². The van der Waals surface area contributed by atoms with Crippen molar-refractivity contribution in [2.45, 2.75) is 77.2 Å². The zero-order valence-corrected chi connectivity index (χ0v) is 18.7. The fourth-order valence-corrected chi connectivity index (χ4v) is 3.69. The van der Waals surface area contributed by atoms with Crippen molar-refractivity contribution in [3.63, 3.8) is 0 Å². The maximum atomic E-state index is 12.0. The Morgan fingerprint density at radius 2 is 1.97 bits per heavy atom. The highest BCUT2D eigenvalue weighted by atomic mass is 16.8. The second-order valence-corrected chi connectivity index (χ2v) is 8.35. The minimum Gasteiger partial charge on any atom is -0.479 e. The van der Waals surface area contributed by atoms with Crippen LogP contribution in [0.25, 0.3) is 0 Å². The van der Waals surface area contributed by atoms with Crippen molar-refractivity contribution >= 4 is 17.7 Å². The van der Waals surface area contributed by atoms with Crippen LogP contribution in [-0.2, 0) is 28.5 Å². The van der Waals surface area contributed by atoms with E-state index in [0.717, 1.165) is 0 Å². The standard InChI is InChI=1S/C22H29NO9/c1-11(24)14-7-6-8-15(9-14)30-21-17(23-13(3)25)19(29-12(2)20(26)27)18-16(31-21)10-28-22(4,5)32-18/h6-9,12,16-19,21H,10H2,1-5H3,(H,23,25)(H,26,27). The van der Waals surface area contributed by atoms with Crippen LogP contribution in [0.2, 0.25) is 0 Å². The molecule has 176 valence electrons. The Morgan fingerprint density at radius 3 is 2.59 bits per heavy atom. The number of ketones is 1. The summed E-state index contributed by atoms with van der Waals surface area (Å²) in [7, 11) is 0. The van der Waals surface area contributed by atoms with Crippen LogP contribution in [0.3, 0.4) is 0 Å². The third kappa shape index (κ3) is 5.63. The molecule has 0 saturated carbocycles. The highest BCUT2D eigenvalue weighted by molar-refractivity contribution is 5.94. The first-order chi connectivity index (χ1) is 15.0. The van der Waals surface area contributed by atoms with E-state index >= 15 is 0 Å². The van der Waals surface area contributed by atoms with Crippen molar-refractivity contribution < 1.29 is 43.2 Å². The maximum absolute atomic E-state index is 12.0. The topological polar surface area (TPSA) is 130 Å². The smallest absolute Gasteiger partial charge is 0.332 e. The van der Waals surface area contributed by atoms with Gasteiger partial charge < -0.3 is 34.1 Å². The summed E-state index contributed by atoms with van der Waals surface area (Å²) in [5.74, 6) is -2.28. The van der Waals surface area contributed by atoms with Crippen molar-refractivity contribution in [1.82, 2.24) is 5.32 Å². The zero-order valence-electron chi connectivity index (χ0n) is 18.7. The molecule has 2 aliphatic heterocycles. The predicted octanol–water partition coefficient (Wildman–Crippen LogP) is 1.51. The van der Waals surface area contributed by atoms with E-state index in [9.17, 15) is 19.5 Å². The van der Waals surface area contributed by atoms with E-state index in [-0.39, 0.29) is 18.3 Å². The van der Waals surface area contributed by atoms with Crippen LogP contribution in [0.1, 0.15) is 45.0 Å². The molecule has 1 aromatic rings. The SMILES string of the molecule is CC(=O)NC1C(Oc2cccc(C(C)=O)c2)OC2COC(C)(C)OC2C1OC(C)C(=O)O. The van der Waals surface area contributed by atoms with Gasteiger partial charge in [0.15, 0.2) is 17.7 Å². The lowest BCUT2D eigenvalue weighted by Crippen LogP contribution is -2.70. The van der Waals surface area contributed by atoms with Crippen molar-refractivity contribution in [1.29, 1.82) is 0 Å². The first kappa shape index (κ1) is 24.1. The number of carboxylic acids is 1. The molecular weight excluding hydrogens is 422 g/mol. The number of carbonyl (C=O) groups is 3. The molecule has 1 aromatic carbocycles. The molecule has 0 spiro atoms. The first-order valence-corrected chi connectivity index (χ1v) is 10.4. The number of fused-ring (bicyclic) bond motifs is 1. The second kappa shape index (κ2) is 9.53. The fourth-order valence-electron chi connectivity index (χ4n) is 3.69. The molecule has 2 aliphatic rings. The van der Waals surface area contributed by atoms with Gasteiger partial charge in [0.1, 0.15) is 30.1 Å². The molecule has 2 fully saturated rings. The van der Waals surface area contributed by atoms with Gasteiger partial charge in [-0.1, -0.05) is 12.1 Å². The average molecular weight is 451 g/mol. The van der Waals surface area contributed by atoms with Crippen LogP contribution in [0.4, 0.5) is 0 Å². The molecule has 3 rings (SSSR count). The molecular formula is C22H29NO9. The number of hydrogen-bond acceptors (Lipinski definition) is 8. The van der Waals surface area contributed by atoms with Gasteiger partial charge in [0.05, 0.1) is 6.61 Å². The van der Waals surface area contributed by atoms with Crippen molar-refractivity contribution in [3.05, 3.63) is 29.8 Å². The molecule has 10 heteroatoms. The van der Waals surface area contributed by atoms with Gasteiger partial charge in [-0.05, 0) is 39.8 Å². The average Bonchev–Trinajstić information content (AvgIpc) is 2.70. The lowest BCUT2D eigenvalue weighted by molar-refractivity contribution is -0.366. The van der Waals surface area contributed by atoms with Crippen LogP contribution in [0.15, 0.2) is 24.3 Å². The number of hydrogen-bond donors (Lipinski definition) is 2. The lowest BCUT2D eigenvalue weighted by Gasteiger charge is -2.51. The first-order valence-electron chi connectivity index (χ1n) is 10.4. The van der Waals surface area contributed by atoms with Crippen molar-refractivity contribution in [2.75, 3.05) is 6.61 Å². The molecule has 1 amide bonds. The summed E-state index contributed by atoms with van der Waals surface area (Å²) in [5, 5.41) is 12.1. The quantitative estimate of drug-likeness (QED) is 0.593. The number of carboxylic acid groups (broad SMARTS) is 1. The molecule has 0 aliphatic carbocycles. The zero-order chi connectivity index (χ0) is 23.6. The van der Waals surface area contributed by atoms with E-state index in [0.29, 0.717) is 11.3 Å². The summed E-state index contributed by atoms with van der Waals surface area (Å²) in [6, 6.07) is 5.64. The number of carbonyl (C=O) groups excluding carboxylic acids is 2. The second-order valence-electron chi connectivity index (χ2n) is 8.35. The predicted molar refractivity (Wildman–Crippen MR) is 110 cm³/mol. The summed E-state index contributed by atoms with van der Waals surface area (Å²) in [6.45, 7) is 7.77. The van der Waals surface area contributed by atoms with Crippen LogP contribution in [0, 0.1) is 0 Å². The Bertz CT molecular complexity index is 871. The lowest BCUT2D eigenvalue weighted by atomic mass is 9.94. The molecule has 0 bridgehead atoms. The maximum Gasteiger partial charge on any atom is 0.332 e. The summed E-state index contributed by atoms with van der Waals surface area (Å²) in [6.07, 6.45) is -4.50. The van der Waals surface area contributed by atoms with E-state index in [1.54, 1.807) is 38.1 Å². The Hall–Kier alpha value is -2.53. The van der Waals surface area contributed by atoms with Crippen LogP contribution >= 0.6 is 0 Å². The van der Waals surface area contributed by atoms with Gasteiger partial charge in [0, 0.05) is 12.5 Å². The number of ether oxygens (including phenoxy) is 5. The third-order valence-corrected chi connectivity index (χ3v) is 5.23. The Balaban J connectivity index is 1.95. The largest absolute Gasteiger partial charge is 0.479 e. The number of Topliss-reactive ketones (excluding diaryl/α,β-unsaturated/α-hetero) is 1. The van der Waals surface area contributed by atoms with Gasteiger partial charge in [-0.15, -0.1) is 0 Å². The molecule has 2 heterocycles. The van der Waals surface area contributed by atoms with Gasteiger partial charge in [0.2, 0.25) is 12.2 Å². The molecule has 6 atom stereocenters. The summed E-state index contributed by atoms with van der Waals surface area (Å²) in [5.41, 5.74) is 0.450. The number of benzene rings is 1. The van der Waals surface area contributed by atoms with Gasteiger partial charge >= 0.3 is 5.97 Å². The van der Waals surface area contributed by atoms with E-state index in [1.165, 1.54) is 20.8 Å². The van der Waals surface area contributed by atoms with Gasteiger partial charge in [-0.25, -0.2) is 4.79 Å². The Morgan fingerprint density at radius 1 is 1.25 bits per heavy atom. The number of nitrogens with one attached hydrogen (secondary N) is 1. The van der Waals surface area contributed by atoms with Crippen molar-refractivity contribution in [3.8, 4) is 5.75 Å². The Labute approximate surface area is 186 Å². The fraction of sp³-hybridized carbons (Fsp3) is 0.591. The minimum atomic E-state index is -1.17.